The highest BCUT2D eigenvalue weighted by atomic mass is 35.5. The van der Waals surface area contributed by atoms with Gasteiger partial charge in [0.15, 0.2) is 0 Å². The second kappa shape index (κ2) is 10.9. The van der Waals surface area contributed by atoms with Crippen molar-refractivity contribution in [1.29, 1.82) is 0 Å². The SMILES string of the molecule is COc1ccc2nccc([C@H](O)C[C@H](C3CC(c4c(F)cccc4Cl)C3)C3CCNCC3C(=O)O)c2c1. The molecule has 37 heavy (non-hydrogen) atoms. The number of piperidine rings is 1. The summed E-state index contributed by atoms with van der Waals surface area (Å²) in [6.45, 7) is 1.16. The minimum absolute atomic E-state index is 0.00523. The topological polar surface area (TPSA) is 91.7 Å². The van der Waals surface area contributed by atoms with Crippen LogP contribution in [-0.4, -0.2) is 41.4 Å². The van der Waals surface area contributed by atoms with Crippen molar-refractivity contribution in [2.24, 2.45) is 23.7 Å². The number of hydrogen-bond donors (Lipinski definition) is 3. The summed E-state index contributed by atoms with van der Waals surface area (Å²) in [5.41, 5.74) is 2.06. The van der Waals surface area contributed by atoms with E-state index in [4.69, 9.17) is 16.3 Å². The van der Waals surface area contributed by atoms with Crippen LogP contribution in [0.2, 0.25) is 5.02 Å². The van der Waals surface area contributed by atoms with Gasteiger partial charge in [-0.25, -0.2) is 4.39 Å². The van der Waals surface area contributed by atoms with Gasteiger partial charge in [0, 0.05) is 28.7 Å². The van der Waals surface area contributed by atoms with E-state index in [1.165, 1.54) is 6.07 Å². The number of methoxy groups -OCH3 is 1. The Hall–Kier alpha value is -2.74. The number of aliphatic carboxylic acids is 1. The molecule has 6 nitrogen and oxygen atoms in total. The van der Waals surface area contributed by atoms with Gasteiger partial charge in [-0.05, 0) is 97.9 Å². The number of nitrogens with zero attached hydrogens (tertiary/aromatic N) is 1. The van der Waals surface area contributed by atoms with Gasteiger partial charge in [-0.2, -0.15) is 0 Å². The van der Waals surface area contributed by atoms with Crippen LogP contribution in [0.25, 0.3) is 10.9 Å². The summed E-state index contributed by atoms with van der Waals surface area (Å²) in [4.78, 5) is 16.6. The quantitative estimate of drug-likeness (QED) is 0.355. The van der Waals surface area contributed by atoms with Crippen molar-refractivity contribution in [3.8, 4) is 5.75 Å². The molecule has 8 heteroatoms. The lowest BCUT2D eigenvalue weighted by molar-refractivity contribution is -0.146. The number of aliphatic hydroxyl groups excluding tert-OH is 1. The van der Waals surface area contributed by atoms with Crippen molar-refractivity contribution < 1.29 is 24.1 Å². The minimum atomic E-state index is -0.816. The summed E-state index contributed by atoms with van der Waals surface area (Å²) in [5, 5.41) is 26.0. The van der Waals surface area contributed by atoms with Crippen LogP contribution in [-0.2, 0) is 4.79 Å². The largest absolute Gasteiger partial charge is 0.497 e. The fraction of sp³-hybridized carbons (Fsp3) is 0.448. The second-order valence-electron chi connectivity index (χ2n) is 10.4. The molecule has 0 amide bonds. The predicted molar refractivity (Wildman–Crippen MR) is 140 cm³/mol. The number of carboxylic acids is 1. The smallest absolute Gasteiger partial charge is 0.308 e. The van der Waals surface area contributed by atoms with Crippen LogP contribution >= 0.6 is 11.6 Å². The minimum Gasteiger partial charge on any atom is -0.497 e. The van der Waals surface area contributed by atoms with Gasteiger partial charge in [0.25, 0.3) is 0 Å². The summed E-state index contributed by atoms with van der Waals surface area (Å²) in [6, 6.07) is 12.2. The highest BCUT2D eigenvalue weighted by Crippen LogP contribution is 2.53. The molecule has 1 aliphatic carbocycles. The average molecular weight is 527 g/mol. The normalized spacial score (nSPS) is 25.3. The molecule has 5 rings (SSSR count). The molecule has 4 atom stereocenters. The van der Waals surface area contributed by atoms with Crippen molar-refractivity contribution in [1.82, 2.24) is 10.3 Å². The molecule has 196 valence electrons. The molecule has 2 heterocycles. The summed E-state index contributed by atoms with van der Waals surface area (Å²) in [7, 11) is 1.60. The zero-order valence-electron chi connectivity index (χ0n) is 20.7. The van der Waals surface area contributed by atoms with Crippen molar-refractivity contribution in [3.05, 3.63) is 70.6 Å². The molecule has 2 aliphatic rings. The molecule has 1 aliphatic heterocycles. The zero-order chi connectivity index (χ0) is 26.1. The molecule has 0 radical (unpaired) electrons. The molecule has 1 saturated carbocycles. The average Bonchev–Trinajstić information content (AvgIpc) is 2.87. The summed E-state index contributed by atoms with van der Waals surface area (Å²) < 4.78 is 20.0. The van der Waals surface area contributed by atoms with Gasteiger partial charge in [0.2, 0.25) is 0 Å². The van der Waals surface area contributed by atoms with Crippen LogP contribution in [0.4, 0.5) is 4.39 Å². The molecule has 3 N–H and O–H groups in total. The van der Waals surface area contributed by atoms with E-state index in [2.05, 4.69) is 10.3 Å². The number of benzene rings is 2. The van der Waals surface area contributed by atoms with E-state index in [-0.39, 0.29) is 29.5 Å². The number of hydrogen-bond acceptors (Lipinski definition) is 5. The Balaban J connectivity index is 1.44. The summed E-state index contributed by atoms with van der Waals surface area (Å²) in [6.07, 6.45) is 3.47. The first-order valence-electron chi connectivity index (χ1n) is 12.9. The molecule has 1 saturated heterocycles. The molecule has 1 aromatic heterocycles. The Bertz CT molecular complexity index is 1260. The van der Waals surface area contributed by atoms with E-state index in [9.17, 15) is 19.4 Å². The monoisotopic (exact) mass is 526 g/mol. The fourth-order valence-corrected chi connectivity index (χ4v) is 6.79. The highest BCUT2D eigenvalue weighted by Gasteiger charge is 2.45. The highest BCUT2D eigenvalue weighted by molar-refractivity contribution is 6.31. The number of nitrogens with one attached hydrogen (secondary N) is 1. The third kappa shape index (κ3) is 5.17. The lowest BCUT2D eigenvalue weighted by Gasteiger charge is -2.47. The van der Waals surface area contributed by atoms with Gasteiger partial charge in [0.05, 0.1) is 24.6 Å². The third-order valence-electron chi connectivity index (χ3n) is 8.43. The maximum absolute atomic E-state index is 14.6. The maximum Gasteiger partial charge on any atom is 0.308 e. The molecular weight excluding hydrogens is 495 g/mol. The Morgan fingerprint density at radius 2 is 2.08 bits per heavy atom. The molecule has 0 spiro atoms. The van der Waals surface area contributed by atoms with E-state index in [1.54, 1.807) is 25.4 Å². The van der Waals surface area contributed by atoms with Crippen LogP contribution in [0, 0.1) is 29.5 Å². The second-order valence-corrected chi connectivity index (χ2v) is 10.8. The van der Waals surface area contributed by atoms with Crippen LogP contribution in [0.1, 0.15) is 48.8 Å². The number of ether oxygens (including phenoxy) is 1. The number of aromatic nitrogens is 1. The van der Waals surface area contributed by atoms with Crippen LogP contribution in [0.3, 0.4) is 0 Å². The standard InChI is InChI=1S/C29H32ClFN2O4/c1-37-18-5-6-26-22(13-18)20(8-10-33-26)27(34)14-21(19-7-9-32-15-23(19)29(35)36)16-11-17(12-16)28-24(30)3-2-4-25(28)31/h2-6,8,10,13,16-17,19,21,23,27,32,34H,7,9,11-12,14-15H2,1H3,(H,35,36)/t16?,17?,19?,21-,23?,27-/m1/s1. The first-order chi connectivity index (χ1) is 17.9. The third-order valence-corrected chi connectivity index (χ3v) is 8.76. The Kier molecular flexibility index (Phi) is 7.65. The summed E-state index contributed by atoms with van der Waals surface area (Å²) in [5.74, 6) is -0.919. The van der Waals surface area contributed by atoms with Gasteiger partial charge in [0.1, 0.15) is 11.6 Å². The van der Waals surface area contributed by atoms with Crippen molar-refractivity contribution >= 4 is 28.5 Å². The first-order valence-corrected chi connectivity index (χ1v) is 13.2. The predicted octanol–water partition coefficient (Wildman–Crippen LogP) is 5.58. The molecule has 0 bridgehead atoms. The molecular formula is C29H32ClFN2O4. The first kappa shape index (κ1) is 25.9. The Morgan fingerprint density at radius 3 is 2.81 bits per heavy atom. The van der Waals surface area contributed by atoms with Crippen molar-refractivity contribution in [2.45, 2.75) is 37.7 Å². The van der Waals surface area contributed by atoms with E-state index in [0.29, 0.717) is 29.3 Å². The van der Waals surface area contributed by atoms with Crippen molar-refractivity contribution in [3.63, 3.8) is 0 Å². The zero-order valence-corrected chi connectivity index (χ0v) is 21.5. The van der Waals surface area contributed by atoms with Gasteiger partial charge in [-0.1, -0.05) is 17.7 Å². The van der Waals surface area contributed by atoms with Crippen LogP contribution in [0.15, 0.2) is 48.7 Å². The number of carbonyl (C=O) groups is 1. The lowest BCUT2D eigenvalue weighted by atomic mass is 9.59. The number of carboxylic acid groups (broad SMARTS) is 1. The molecule has 2 aromatic carbocycles. The fourth-order valence-electron chi connectivity index (χ4n) is 6.48. The van der Waals surface area contributed by atoms with Crippen LogP contribution < -0.4 is 10.1 Å². The van der Waals surface area contributed by atoms with E-state index < -0.39 is 18.0 Å². The number of pyridine rings is 1. The number of rotatable bonds is 8. The van der Waals surface area contributed by atoms with E-state index in [1.807, 2.05) is 24.3 Å². The van der Waals surface area contributed by atoms with Gasteiger partial charge in [-0.3, -0.25) is 9.78 Å². The van der Waals surface area contributed by atoms with Gasteiger partial charge < -0.3 is 20.3 Å². The lowest BCUT2D eigenvalue weighted by Crippen LogP contribution is -2.47. The van der Waals surface area contributed by atoms with Crippen LogP contribution in [0.5, 0.6) is 5.75 Å². The molecule has 2 fully saturated rings. The number of halogens is 2. The maximum atomic E-state index is 14.6. The van der Waals surface area contributed by atoms with E-state index >= 15 is 0 Å². The molecule has 2 unspecified atom stereocenters. The number of aliphatic hydroxyl groups is 1. The van der Waals surface area contributed by atoms with Gasteiger partial charge in [-0.15, -0.1) is 0 Å². The number of fused-ring (bicyclic) bond motifs is 1. The van der Waals surface area contributed by atoms with Gasteiger partial charge >= 0.3 is 5.97 Å². The van der Waals surface area contributed by atoms with Crippen molar-refractivity contribution in [2.75, 3.05) is 20.2 Å². The Labute approximate surface area is 220 Å². The Morgan fingerprint density at radius 1 is 1.27 bits per heavy atom. The molecule has 3 aromatic rings. The van der Waals surface area contributed by atoms with E-state index in [0.717, 1.165) is 42.3 Å². The summed E-state index contributed by atoms with van der Waals surface area (Å²) >= 11 is 6.34.